The Morgan fingerprint density at radius 3 is 3.00 bits per heavy atom. The van der Waals surface area contributed by atoms with E-state index in [4.69, 9.17) is 4.74 Å². The molecule has 0 aliphatic carbocycles. The molecule has 0 spiro atoms. The van der Waals surface area contributed by atoms with Gasteiger partial charge < -0.3 is 15.4 Å². The SMILES string of the molecule is CNCC(C)Oc1ccc(F)cc1CNc1ccn2ncc(C=O)c2n1. The summed E-state index contributed by atoms with van der Waals surface area (Å²) >= 11 is 0. The van der Waals surface area contributed by atoms with E-state index in [1.807, 2.05) is 14.0 Å². The first-order valence-corrected chi connectivity index (χ1v) is 8.24. The van der Waals surface area contributed by atoms with Crippen molar-refractivity contribution in [1.82, 2.24) is 19.9 Å². The molecule has 1 unspecified atom stereocenters. The van der Waals surface area contributed by atoms with Gasteiger partial charge in [0.15, 0.2) is 11.9 Å². The molecule has 0 radical (unpaired) electrons. The average Bonchev–Trinajstić information content (AvgIpc) is 3.04. The Morgan fingerprint density at radius 1 is 1.38 bits per heavy atom. The maximum Gasteiger partial charge on any atom is 0.167 e. The van der Waals surface area contributed by atoms with E-state index < -0.39 is 0 Å². The second-order valence-electron chi connectivity index (χ2n) is 5.89. The van der Waals surface area contributed by atoms with E-state index >= 15 is 0 Å². The Kier molecular flexibility index (Phi) is 5.43. The van der Waals surface area contributed by atoms with Crippen molar-refractivity contribution in [1.29, 1.82) is 0 Å². The number of nitrogens with zero attached hydrogens (tertiary/aromatic N) is 3. The van der Waals surface area contributed by atoms with Crippen LogP contribution in [0.5, 0.6) is 5.75 Å². The van der Waals surface area contributed by atoms with Gasteiger partial charge in [-0.15, -0.1) is 0 Å². The molecule has 0 aliphatic rings. The Morgan fingerprint density at radius 2 is 2.23 bits per heavy atom. The minimum atomic E-state index is -0.335. The zero-order valence-corrected chi connectivity index (χ0v) is 14.6. The number of hydrogen-bond acceptors (Lipinski definition) is 6. The lowest BCUT2D eigenvalue weighted by Crippen LogP contribution is -2.26. The van der Waals surface area contributed by atoms with Gasteiger partial charge in [-0.3, -0.25) is 4.79 Å². The molecular formula is C18H20FN5O2. The predicted octanol–water partition coefficient (Wildman–Crippen LogP) is 2.28. The summed E-state index contributed by atoms with van der Waals surface area (Å²) < 4.78 is 21.1. The highest BCUT2D eigenvalue weighted by atomic mass is 19.1. The van der Waals surface area contributed by atoms with Crippen LogP contribution in [-0.2, 0) is 6.54 Å². The molecule has 3 rings (SSSR count). The fourth-order valence-electron chi connectivity index (χ4n) is 2.60. The van der Waals surface area contributed by atoms with Crippen molar-refractivity contribution >= 4 is 17.8 Å². The van der Waals surface area contributed by atoms with Crippen LogP contribution >= 0.6 is 0 Å². The Labute approximate surface area is 150 Å². The quantitative estimate of drug-likeness (QED) is 0.602. The summed E-state index contributed by atoms with van der Waals surface area (Å²) in [5, 5.41) is 10.2. The lowest BCUT2D eigenvalue weighted by Gasteiger charge is -2.17. The molecule has 2 aromatic heterocycles. The van der Waals surface area contributed by atoms with Gasteiger partial charge in [0.05, 0.1) is 11.8 Å². The lowest BCUT2D eigenvalue weighted by molar-refractivity contribution is 0.112. The number of likely N-dealkylation sites (N-methyl/N-ethyl adjacent to an activating group) is 1. The van der Waals surface area contributed by atoms with Crippen LogP contribution in [0.1, 0.15) is 22.8 Å². The molecule has 7 nitrogen and oxygen atoms in total. The van der Waals surface area contributed by atoms with Gasteiger partial charge in [-0.05, 0) is 38.2 Å². The molecule has 136 valence electrons. The molecular weight excluding hydrogens is 337 g/mol. The maximum atomic E-state index is 13.7. The van der Waals surface area contributed by atoms with Crippen LogP contribution < -0.4 is 15.4 Å². The maximum absolute atomic E-state index is 13.7. The molecule has 0 amide bonds. The number of aldehydes is 1. The second-order valence-corrected chi connectivity index (χ2v) is 5.89. The van der Waals surface area contributed by atoms with Gasteiger partial charge in [-0.25, -0.2) is 13.9 Å². The third-order valence-electron chi connectivity index (χ3n) is 3.83. The molecule has 26 heavy (non-hydrogen) atoms. The predicted molar refractivity (Wildman–Crippen MR) is 96.1 cm³/mol. The summed E-state index contributed by atoms with van der Waals surface area (Å²) in [6.07, 6.45) is 3.82. The zero-order valence-electron chi connectivity index (χ0n) is 14.6. The largest absolute Gasteiger partial charge is 0.489 e. The van der Waals surface area contributed by atoms with Gasteiger partial charge in [-0.1, -0.05) is 0 Å². The van der Waals surface area contributed by atoms with Crippen molar-refractivity contribution in [2.24, 2.45) is 0 Å². The molecule has 0 aliphatic heterocycles. The van der Waals surface area contributed by atoms with E-state index in [2.05, 4.69) is 20.7 Å². The van der Waals surface area contributed by atoms with Crippen molar-refractivity contribution in [2.75, 3.05) is 18.9 Å². The highest BCUT2D eigenvalue weighted by molar-refractivity contribution is 5.83. The first-order valence-electron chi connectivity index (χ1n) is 8.24. The van der Waals surface area contributed by atoms with Crippen molar-refractivity contribution in [3.63, 3.8) is 0 Å². The number of carbonyl (C=O) groups is 1. The molecule has 2 N–H and O–H groups in total. The number of anilines is 1. The van der Waals surface area contributed by atoms with Crippen LogP contribution in [0.25, 0.3) is 5.65 Å². The van der Waals surface area contributed by atoms with Crippen molar-refractivity contribution in [3.05, 3.63) is 53.6 Å². The topological polar surface area (TPSA) is 80.5 Å². The van der Waals surface area contributed by atoms with Crippen LogP contribution in [0.4, 0.5) is 10.2 Å². The highest BCUT2D eigenvalue weighted by Gasteiger charge is 2.11. The number of halogens is 1. The van der Waals surface area contributed by atoms with E-state index in [9.17, 15) is 9.18 Å². The molecule has 0 fully saturated rings. The van der Waals surface area contributed by atoms with E-state index in [1.54, 1.807) is 18.3 Å². The molecule has 3 aromatic rings. The summed E-state index contributed by atoms with van der Waals surface area (Å²) in [4.78, 5) is 15.4. The summed E-state index contributed by atoms with van der Waals surface area (Å²) in [6, 6.07) is 6.16. The molecule has 0 saturated heterocycles. The monoisotopic (exact) mass is 357 g/mol. The summed E-state index contributed by atoms with van der Waals surface area (Å²) in [5.74, 6) is 0.832. The number of aromatic nitrogens is 3. The standard InChI is InChI=1S/C18H20FN5O2/c1-12(8-20-2)26-16-4-3-15(19)7-13(16)9-21-17-5-6-24-18(23-17)14(11-25)10-22-24/h3-7,10-12,20H,8-9H2,1-2H3,(H,21,23). The molecule has 0 saturated carbocycles. The number of carbonyl (C=O) groups excluding carboxylic acids is 1. The fraction of sp³-hybridized carbons (Fsp3) is 0.278. The number of hydrogen-bond donors (Lipinski definition) is 2. The summed E-state index contributed by atoms with van der Waals surface area (Å²) in [6.45, 7) is 2.94. The summed E-state index contributed by atoms with van der Waals surface area (Å²) in [5.41, 5.74) is 1.55. The Bertz CT molecular complexity index is 912. The van der Waals surface area contributed by atoms with Gasteiger partial charge in [0.1, 0.15) is 23.5 Å². The molecule has 1 aromatic carbocycles. The van der Waals surface area contributed by atoms with Gasteiger partial charge in [0, 0.05) is 24.8 Å². The number of fused-ring (bicyclic) bond motifs is 1. The van der Waals surface area contributed by atoms with Crippen molar-refractivity contribution in [3.8, 4) is 5.75 Å². The van der Waals surface area contributed by atoms with Gasteiger partial charge in [-0.2, -0.15) is 5.10 Å². The molecule has 1 atom stereocenters. The average molecular weight is 357 g/mol. The number of benzene rings is 1. The Hall–Kier alpha value is -3.00. The summed E-state index contributed by atoms with van der Waals surface area (Å²) in [7, 11) is 1.85. The molecule has 8 heteroatoms. The van der Waals surface area contributed by atoms with E-state index in [0.29, 0.717) is 47.7 Å². The van der Waals surface area contributed by atoms with Gasteiger partial charge in [0.25, 0.3) is 0 Å². The van der Waals surface area contributed by atoms with Gasteiger partial charge >= 0.3 is 0 Å². The first-order chi connectivity index (χ1) is 12.6. The van der Waals surface area contributed by atoms with Crippen LogP contribution in [0.15, 0.2) is 36.7 Å². The number of ether oxygens (including phenoxy) is 1. The minimum absolute atomic E-state index is 0.0550. The van der Waals surface area contributed by atoms with Crippen LogP contribution in [0, 0.1) is 5.82 Å². The lowest BCUT2D eigenvalue weighted by atomic mass is 10.2. The highest BCUT2D eigenvalue weighted by Crippen LogP contribution is 2.22. The molecule has 2 heterocycles. The van der Waals surface area contributed by atoms with Crippen molar-refractivity contribution in [2.45, 2.75) is 19.6 Å². The smallest absolute Gasteiger partial charge is 0.167 e. The van der Waals surface area contributed by atoms with Crippen LogP contribution in [0.2, 0.25) is 0 Å². The second kappa shape index (κ2) is 7.92. The van der Waals surface area contributed by atoms with Crippen LogP contribution in [-0.4, -0.2) is 40.6 Å². The van der Waals surface area contributed by atoms with Crippen LogP contribution in [0.3, 0.4) is 0 Å². The number of nitrogens with one attached hydrogen (secondary N) is 2. The Balaban J connectivity index is 1.78. The third-order valence-corrected chi connectivity index (χ3v) is 3.83. The van der Waals surface area contributed by atoms with Crippen molar-refractivity contribution < 1.29 is 13.9 Å². The van der Waals surface area contributed by atoms with Gasteiger partial charge in [0.2, 0.25) is 0 Å². The fourth-order valence-corrected chi connectivity index (χ4v) is 2.60. The van der Waals surface area contributed by atoms with E-state index in [0.717, 1.165) is 0 Å². The van der Waals surface area contributed by atoms with E-state index in [-0.39, 0.29) is 11.9 Å². The molecule has 0 bridgehead atoms. The number of rotatable bonds is 8. The van der Waals surface area contributed by atoms with E-state index in [1.165, 1.54) is 22.8 Å². The minimum Gasteiger partial charge on any atom is -0.489 e. The first kappa shape index (κ1) is 17.8. The normalized spacial score (nSPS) is 12.1. The third kappa shape index (κ3) is 3.97. The zero-order chi connectivity index (χ0) is 18.5.